The number of fused-ring (bicyclic) bond motifs is 2. The number of rotatable bonds is 11. The van der Waals surface area contributed by atoms with Crippen molar-refractivity contribution in [3.05, 3.63) is 190 Å². The van der Waals surface area contributed by atoms with Crippen LogP contribution < -0.4 is 0 Å². The third kappa shape index (κ3) is 6.44. The molecular formula is C52H53Cl2SiZr. The number of hydrogen-bond donors (Lipinski definition) is 0. The SMILES string of the molecule is CCC(C)c1ccc2c(c1-c1ccccc1)C=C(c1ccccc1)[CH]2[Zr]([Cl])([Cl])([CH]1C(c2ccccc2)=Cc2c1ccc(C(C)CC)c2-c1ccccc1)[SiH](C)C. The molecule has 4 atom stereocenters. The van der Waals surface area contributed by atoms with Gasteiger partial charge in [0.15, 0.2) is 0 Å². The van der Waals surface area contributed by atoms with Gasteiger partial charge in [0.1, 0.15) is 0 Å². The summed E-state index contributed by atoms with van der Waals surface area (Å²) in [6.45, 7) is 14.2. The molecule has 0 bridgehead atoms. The average molecular weight is 868 g/mol. The summed E-state index contributed by atoms with van der Waals surface area (Å²) in [7, 11) is 18.2. The zero-order valence-corrected chi connectivity index (χ0v) is 38.7. The van der Waals surface area contributed by atoms with E-state index in [2.05, 4.69) is 199 Å². The zero-order valence-electron chi connectivity index (χ0n) is 33.6. The topological polar surface area (TPSA) is 0 Å². The predicted molar refractivity (Wildman–Crippen MR) is 246 cm³/mol. The van der Waals surface area contributed by atoms with Crippen LogP contribution in [0.3, 0.4) is 0 Å². The van der Waals surface area contributed by atoms with E-state index in [9.17, 15) is 0 Å². The van der Waals surface area contributed by atoms with Crippen LogP contribution in [0.25, 0.3) is 45.6 Å². The Hall–Kier alpha value is -3.52. The Morgan fingerprint density at radius 3 is 1.11 bits per heavy atom. The Balaban J connectivity index is 1.47. The van der Waals surface area contributed by atoms with E-state index < -0.39 is 21.5 Å². The van der Waals surface area contributed by atoms with Gasteiger partial charge < -0.3 is 0 Å². The molecule has 0 saturated heterocycles. The van der Waals surface area contributed by atoms with E-state index in [0.29, 0.717) is 11.8 Å². The van der Waals surface area contributed by atoms with Crippen LogP contribution in [0.1, 0.15) is 104 Å². The molecule has 0 radical (unpaired) electrons. The second kappa shape index (κ2) is 15.7. The van der Waals surface area contributed by atoms with Gasteiger partial charge in [-0.15, -0.1) is 0 Å². The first kappa shape index (κ1) is 39.3. The van der Waals surface area contributed by atoms with E-state index in [-0.39, 0.29) is 7.25 Å². The van der Waals surface area contributed by atoms with Gasteiger partial charge in [-0.3, -0.25) is 0 Å². The second-order valence-corrected chi connectivity index (χ2v) is 59.1. The maximum absolute atomic E-state index is 9.10. The molecule has 0 amide bonds. The zero-order chi connectivity index (χ0) is 39.2. The fraction of sp³-hybridized carbons (Fsp3) is 0.231. The quantitative estimate of drug-likeness (QED) is 0.114. The van der Waals surface area contributed by atoms with Crippen LogP contribution in [0.5, 0.6) is 0 Å². The molecule has 4 heteroatoms. The van der Waals surface area contributed by atoms with Crippen molar-refractivity contribution >= 4 is 46.2 Å². The van der Waals surface area contributed by atoms with Crippen molar-refractivity contribution in [3.8, 4) is 22.3 Å². The van der Waals surface area contributed by atoms with Crippen molar-refractivity contribution < 1.29 is 15.6 Å². The van der Waals surface area contributed by atoms with Gasteiger partial charge in [-0.2, -0.15) is 0 Å². The third-order valence-corrected chi connectivity index (χ3v) is 64.9. The van der Waals surface area contributed by atoms with E-state index in [0.717, 1.165) is 12.8 Å². The molecular weight excluding hydrogens is 815 g/mol. The third-order valence-electron chi connectivity index (χ3n) is 13.3. The Labute approximate surface area is 344 Å². The van der Waals surface area contributed by atoms with Crippen molar-refractivity contribution in [2.45, 2.75) is 72.7 Å². The number of halogens is 2. The van der Waals surface area contributed by atoms with E-state index >= 15 is 0 Å². The van der Waals surface area contributed by atoms with Crippen molar-refractivity contribution in [2.24, 2.45) is 0 Å². The van der Waals surface area contributed by atoms with Crippen molar-refractivity contribution in [2.75, 3.05) is 0 Å². The van der Waals surface area contributed by atoms with Crippen LogP contribution in [0.4, 0.5) is 0 Å². The number of hydrogen-bond acceptors (Lipinski definition) is 0. The summed E-state index contributed by atoms with van der Waals surface area (Å²) in [5, 5.41) is 0. The molecule has 0 spiro atoms. The summed E-state index contributed by atoms with van der Waals surface area (Å²) in [5.41, 5.74) is 18.2. The molecule has 0 N–H and O–H groups in total. The molecule has 0 heterocycles. The number of allylic oxidation sites excluding steroid dienone is 2. The summed E-state index contributed by atoms with van der Waals surface area (Å²) >= 11 is -5.26. The van der Waals surface area contributed by atoms with Gasteiger partial charge in [0.05, 0.1) is 0 Å². The Morgan fingerprint density at radius 1 is 0.482 bits per heavy atom. The van der Waals surface area contributed by atoms with Crippen molar-refractivity contribution in [1.29, 1.82) is 0 Å². The molecule has 2 aliphatic carbocycles. The fourth-order valence-electron chi connectivity index (χ4n) is 9.83. The van der Waals surface area contributed by atoms with Gasteiger partial charge >= 0.3 is 347 Å². The van der Waals surface area contributed by atoms with Crippen LogP contribution in [-0.2, 0) is 15.6 Å². The van der Waals surface area contributed by atoms with E-state index in [1.54, 1.807) is 0 Å². The van der Waals surface area contributed by atoms with Crippen molar-refractivity contribution in [3.63, 3.8) is 0 Å². The first-order valence-electron chi connectivity index (χ1n) is 20.6. The van der Waals surface area contributed by atoms with Crippen LogP contribution in [0.15, 0.2) is 146 Å². The fourth-order valence-corrected chi connectivity index (χ4v) is 39.9. The van der Waals surface area contributed by atoms with Gasteiger partial charge in [-0.25, -0.2) is 0 Å². The van der Waals surface area contributed by atoms with Crippen LogP contribution >= 0.6 is 17.0 Å². The summed E-state index contributed by atoms with van der Waals surface area (Å²) in [6.07, 6.45) is 7.14. The van der Waals surface area contributed by atoms with Gasteiger partial charge in [0, 0.05) is 0 Å². The second-order valence-electron chi connectivity index (χ2n) is 16.6. The molecule has 56 heavy (non-hydrogen) atoms. The molecule has 283 valence electrons. The van der Waals surface area contributed by atoms with Gasteiger partial charge in [-0.05, 0) is 0 Å². The molecule has 0 saturated carbocycles. The van der Waals surface area contributed by atoms with Crippen LogP contribution in [0.2, 0.25) is 13.1 Å². The van der Waals surface area contributed by atoms with Gasteiger partial charge in [-0.1, -0.05) is 0 Å². The summed E-state index contributed by atoms with van der Waals surface area (Å²) < 4.78 is -0.176. The van der Waals surface area contributed by atoms with E-state index in [1.165, 1.54) is 77.9 Å². The molecule has 4 unspecified atom stereocenters. The van der Waals surface area contributed by atoms with Crippen molar-refractivity contribution in [1.82, 2.24) is 0 Å². The Bertz CT molecular complexity index is 2270. The minimum absolute atomic E-state index is 0.0882. The molecule has 0 nitrogen and oxygen atoms in total. The predicted octanol–water partition coefficient (Wildman–Crippen LogP) is 15.9. The van der Waals surface area contributed by atoms with Gasteiger partial charge in [0.25, 0.3) is 0 Å². The summed E-state index contributed by atoms with van der Waals surface area (Å²) in [4.78, 5) is 0. The average Bonchev–Trinajstić information content (AvgIpc) is 3.85. The monoisotopic (exact) mass is 865 g/mol. The molecule has 0 aromatic heterocycles. The summed E-state index contributed by atoms with van der Waals surface area (Å²) in [6, 6.07) is 53.7. The van der Waals surface area contributed by atoms with Crippen LogP contribution in [0, 0.1) is 0 Å². The minimum atomic E-state index is -5.26. The molecule has 8 rings (SSSR count). The molecule has 0 fully saturated rings. The summed E-state index contributed by atoms with van der Waals surface area (Å²) in [5.74, 6) is -1.05. The first-order valence-corrected chi connectivity index (χ1v) is 36.9. The van der Waals surface area contributed by atoms with Gasteiger partial charge in [0.2, 0.25) is 0 Å². The first-order chi connectivity index (χ1) is 27.1. The standard InChI is InChI=1S/2C25H23.C2H7Si.2ClH.Zr/c2*1-3-18(2)23-15-14-21-16-22(19-10-6-4-7-11-19)17-24(21)25(23)20-12-8-5-9-13-20;1-3-2;;;/h2*4-18H,3H2,1-2H3;3H,1-2H3;2*1H;/q;;;;;+2/p-2. The number of benzene rings is 6. The van der Waals surface area contributed by atoms with E-state index in [1.807, 2.05) is 0 Å². The molecule has 2 aliphatic rings. The maximum atomic E-state index is 9.10. The van der Waals surface area contributed by atoms with E-state index in [4.69, 9.17) is 17.0 Å². The molecule has 6 aromatic carbocycles. The van der Waals surface area contributed by atoms with Crippen LogP contribution in [-0.4, -0.2) is 5.92 Å². The normalized spacial score (nSPS) is 18.1. The molecule has 6 aromatic rings. The molecule has 0 aliphatic heterocycles. The Kier molecular flexibility index (Phi) is 11.0. The Morgan fingerprint density at radius 2 is 0.804 bits per heavy atom.